The average molecular weight is 288 g/mol. The maximum atomic E-state index is 12.0. The van der Waals surface area contributed by atoms with Crippen molar-refractivity contribution >= 4 is 11.6 Å². The smallest absolute Gasteiger partial charge is 0.225 e. The molecule has 0 aromatic heterocycles. The maximum absolute atomic E-state index is 12.0. The van der Waals surface area contributed by atoms with Gasteiger partial charge in [-0.1, -0.05) is 31.7 Å². The minimum atomic E-state index is 0.0966. The van der Waals surface area contributed by atoms with E-state index in [9.17, 15) is 4.79 Å². The molecule has 1 aromatic rings. The molecular weight excluding hydrogens is 260 g/mol. The van der Waals surface area contributed by atoms with Crippen LogP contribution in [0.15, 0.2) is 18.2 Å². The first-order chi connectivity index (χ1) is 10.1. The zero-order valence-corrected chi connectivity index (χ0v) is 13.4. The Labute approximate surface area is 128 Å². The summed E-state index contributed by atoms with van der Waals surface area (Å²) in [7, 11) is 0. The van der Waals surface area contributed by atoms with Crippen molar-refractivity contribution < 1.29 is 4.79 Å². The van der Waals surface area contributed by atoms with Gasteiger partial charge in [-0.2, -0.15) is 0 Å². The van der Waals surface area contributed by atoms with Gasteiger partial charge in [0.15, 0.2) is 0 Å². The zero-order chi connectivity index (χ0) is 15.1. The molecule has 1 amide bonds. The number of aryl methyl sites for hydroxylation is 2. The number of nitrogens with one attached hydrogen (secondary N) is 2. The molecule has 0 saturated heterocycles. The van der Waals surface area contributed by atoms with Crippen molar-refractivity contribution in [3.8, 4) is 0 Å². The number of amides is 1. The third-order valence-electron chi connectivity index (χ3n) is 4.43. The predicted molar refractivity (Wildman–Crippen MR) is 88.7 cm³/mol. The normalized spacial score (nSPS) is 16.5. The molecule has 2 rings (SSSR count). The molecule has 116 valence electrons. The van der Waals surface area contributed by atoms with Crippen molar-refractivity contribution in [3.63, 3.8) is 0 Å². The van der Waals surface area contributed by atoms with E-state index in [1.807, 2.05) is 12.1 Å². The summed E-state index contributed by atoms with van der Waals surface area (Å²) in [6, 6.07) is 6.67. The topological polar surface area (TPSA) is 41.1 Å². The lowest BCUT2D eigenvalue weighted by atomic mass is 10.1. The van der Waals surface area contributed by atoms with E-state index < -0.39 is 0 Å². The summed E-state index contributed by atoms with van der Waals surface area (Å²) in [5.74, 6) is 0.0966. The summed E-state index contributed by atoms with van der Waals surface area (Å²) >= 11 is 0. The fourth-order valence-corrected chi connectivity index (χ4v) is 2.92. The average Bonchev–Trinajstić information content (AvgIpc) is 2.72. The molecule has 3 nitrogen and oxygen atoms in total. The number of anilines is 1. The van der Waals surface area contributed by atoms with Crippen molar-refractivity contribution in [2.24, 2.45) is 0 Å². The number of rotatable bonds is 5. The highest BCUT2D eigenvalue weighted by atomic mass is 16.1. The standard InChI is InChI=1S/C18H28N2O/c1-14-9-10-17(13-15(14)2)20-18(21)11-12-19-16-7-5-3-4-6-8-16/h9-10,13,16,19H,3-8,11-12H2,1-2H3,(H,20,21). The van der Waals surface area contributed by atoms with Gasteiger partial charge < -0.3 is 10.6 Å². The second-order valence-electron chi connectivity index (χ2n) is 6.24. The quantitative estimate of drug-likeness (QED) is 0.806. The van der Waals surface area contributed by atoms with E-state index in [0.29, 0.717) is 12.5 Å². The molecule has 1 fully saturated rings. The molecule has 0 aliphatic heterocycles. The second-order valence-corrected chi connectivity index (χ2v) is 6.24. The maximum Gasteiger partial charge on any atom is 0.225 e. The lowest BCUT2D eigenvalue weighted by Gasteiger charge is -2.16. The van der Waals surface area contributed by atoms with Crippen LogP contribution < -0.4 is 10.6 Å². The molecule has 3 heteroatoms. The van der Waals surface area contributed by atoms with Gasteiger partial charge in [0.2, 0.25) is 5.91 Å². The van der Waals surface area contributed by atoms with Gasteiger partial charge in [0.25, 0.3) is 0 Å². The Hall–Kier alpha value is -1.35. The highest BCUT2D eigenvalue weighted by Gasteiger charge is 2.12. The molecule has 0 unspecified atom stereocenters. The Morgan fingerprint density at radius 3 is 2.48 bits per heavy atom. The molecule has 0 spiro atoms. The van der Waals surface area contributed by atoms with Gasteiger partial charge in [0, 0.05) is 24.7 Å². The van der Waals surface area contributed by atoms with Crippen LogP contribution in [-0.2, 0) is 4.79 Å². The van der Waals surface area contributed by atoms with Gasteiger partial charge >= 0.3 is 0 Å². The summed E-state index contributed by atoms with van der Waals surface area (Å²) < 4.78 is 0. The molecule has 21 heavy (non-hydrogen) atoms. The Balaban J connectivity index is 1.70. The van der Waals surface area contributed by atoms with E-state index in [-0.39, 0.29) is 5.91 Å². The number of carbonyl (C=O) groups excluding carboxylic acids is 1. The Bertz CT molecular complexity index is 462. The van der Waals surface area contributed by atoms with Crippen molar-refractivity contribution in [3.05, 3.63) is 29.3 Å². The first-order valence-electron chi connectivity index (χ1n) is 8.25. The molecule has 0 radical (unpaired) electrons. The Kier molecular flexibility index (Phi) is 6.24. The van der Waals surface area contributed by atoms with Gasteiger partial charge in [-0.25, -0.2) is 0 Å². The second kappa shape index (κ2) is 8.18. The molecule has 1 aliphatic rings. The lowest BCUT2D eigenvalue weighted by Crippen LogP contribution is -2.31. The molecule has 0 bridgehead atoms. The monoisotopic (exact) mass is 288 g/mol. The van der Waals surface area contributed by atoms with Crippen molar-refractivity contribution in [1.82, 2.24) is 5.32 Å². The zero-order valence-electron chi connectivity index (χ0n) is 13.4. The van der Waals surface area contributed by atoms with Gasteiger partial charge in [-0.15, -0.1) is 0 Å². The van der Waals surface area contributed by atoms with Crippen LogP contribution in [0.25, 0.3) is 0 Å². The van der Waals surface area contributed by atoms with Crippen molar-refractivity contribution in [2.45, 2.75) is 64.8 Å². The predicted octanol–water partition coefficient (Wildman–Crippen LogP) is 3.94. The summed E-state index contributed by atoms with van der Waals surface area (Å²) in [5, 5.41) is 6.52. The van der Waals surface area contributed by atoms with Gasteiger partial charge in [-0.3, -0.25) is 4.79 Å². The van der Waals surface area contributed by atoms with Crippen molar-refractivity contribution in [2.75, 3.05) is 11.9 Å². The number of benzene rings is 1. The van der Waals surface area contributed by atoms with Crippen LogP contribution in [0.5, 0.6) is 0 Å². The molecule has 1 aromatic carbocycles. The van der Waals surface area contributed by atoms with Crippen LogP contribution >= 0.6 is 0 Å². The molecule has 2 N–H and O–H groups in total. The van der Waals surface area contributed by atoms with Crippen LogP contribution in [0.2, 0.25) is 0 Å². The van der Waals surface area contributed by atoms with E-state index in [4.69, 9.17) is 0 Å². The van der Waals surface area contributed by atoms with E-state index in [0.717, 1.165) is 12.2 Å². The van der Waals surface area contributed by atoms with Crippen molar-refractivity contribution in [1.29, 1.82) is 0 Å². The molecule has 0 heterocycles. The lowest BCUT2D eigenvalue weighted by molar-refractivity contribution is -0.116. The van der Waals surface area contributed by atoms with E-state index in [1.54, 1.807) is 0 Å². The molecular formula is C18H28N2O. The third-order valence-corrected chi connectivity index (χ3v) is 4.43. The number of hydrogen-bond acceptors (Lipinski definition) is 2. The molecule has 1 saturated carbocycles. The fourth-order valence-electron chi connectivity index (χ4n) is 2.92. The molecule has 0 atom stereocenters. The SMILES string of the molecule is Cc1ccc(NC(=O)CCNC2CCCCCC2)cc1C. The first-order valence-corrected chi connectivity index (χ1v) is 8.25. The number of hydrogen-bond donors (Lipinski definition) is 2. The van der Waals surface area contributed by atoms with Crippen LogP contribution in [0.1, 0.15) is 56.1 Å². The van der Waals surface area contributed by atoms with E-state index in [2.05, 4.69) is 30.5 Å². The Morgan fingerprint density at radius 1 is 1.10 bits per heavy atom. The van der Waals surface area contributed by atoms with Gasteiger partial charge in [0.05, 0.1) is 0 Å². The summed E-state index contributed by atoms with van der Waals surface area (Å²) in [6.07, 6.45) is 8.46. The highest BCUT2D eigenvalue weighted by molar-refractivity contribution is 5.90. The Morgan fingerprint density at radius 2 is 1.81 bits per heavy atom. The fraction of sp³-hybridized carbons (Fsp3) is 0.611. The largest absolute Gasteiger partial charge is 0.326 e. The van der Waals surface area contributed by atoms with Crippen LogP contribution in [0, 0.1) is 13.8 Å². The molecule has 1 aliphatic carbocycles. The summed E-state index contributed by atoms with van der Waals surface area (Å²) in [4.78, 5) is 12.0. The highest BCUT2D eigenvalue weighted by Crippen LogP contribution is 2.17. The van der Waals surface area contributed by atoms with E-state index >= 15 is 0 Å². The van der Waals surface area contributed by atoms with Gasteiger partial charge in [-0.05, 0) is 49.9 Å². The van der Waals surface area contributed by atoms with Crippen LogP contribution in [0.4, 0.5) is 5.69 Å². The minimum Gasteiger partial charge on any atom is -0.326 e. The third kappa shape index (κ3) is 5.50. The van der Waals surface area contributed by atoms with Crippen LogP contribution in [-0.4, -0.2) is 18.5 Å². The minimum absolute atomic E-state index is 0.0966. The van der Waals surface area contributed by atoms with Crippen LogP contribution in [0.3, 0.4) is 0 Å². The summed E-state index contributed by atoms with van der Waals surface area (Å²) in [5.41, 5.74) is 3.37. The first kappa shape index (κ1) is 16.0. The number of carbonyl (C=O) groups is 1. The van der Waals surface area contributed by atoms with Gasteiger partial charge in [0.1, 0.15) is 0 Å². The van der Waals surface area contributed by atoms with E-state index in [1.165, 1.54) is 49.7 Å². The summed E-state index contributed by atoms with van der Waals surface area (Å²) in [6.45, 7) is 4.93.